The van der Waals surface area contributed by atoms with Crippen LogP contribution >= 0.6 is 10.6 Å². The summed E-state index contributed by atoms with van der Waals surface area (Å²) in [5.74, 6) is -0.221. The number of phenolic OH excluding ortho intramolecular Hbond substituents is 1. The van der Waals surface area contributed by atoms with Crippen molar-refractivity contribution in [2.45, 2.75) is 9.79 Å². The number of nitrogens with zero attached hydrogens (tertiary/aromatic N) is 4. The number of anilines is 1. The molecular formula is C27H20N5O7S2-. The monoisotopic (exact) mass is 590 g/mol. The van der Waals surface area contributed by atoms with Gasteiger partial charge in [0.25, 0.3) is 0 Å². The summed E-state index contributed by atoms with van der Waals surface area (Å²) in [6.07, 6.45) is 1.65. The smallest absolute Gasteiger partial charge is 0.152 e. The van der Waals surface area contributed by atoms with Gasteiger partial charge in [-0.25, -0.2) is 8.42 Å². The van der Waals surface area contributed by atoms with Gasteiger partial charge < -0.3 is 15.4 Å². The molecule has 12 nitrogen and oxygen atoms in total. The summed E-state index contributed by atoms with van der Waals surface area (Å²) in [5, 5.41) is 34.7. The number of rotatable bonds is 6. The van der Waals surface area contributed by atoms with Crippen molar-refractivity contribution >= 4 is 70.7 Å². The van der Waals surface area contributed by atoms with Gasteiger partial charge in [0.05, 0.1) is 26.9 Å². The molecule has 0 atom stereocenters. The second-order valence-corrected chi connectivity index (χ2v) is 12.7. The molecule has 14 heteroatoms. The summed E-state index contributed by atoms with van der Waals surface area (Å²) < 4.78 is 45.9. The van der Waals surface area contributed by atoms with Crippen molar-refractivity contribution in [3.63, 3.8) is 0 Å². The molecule has 0 unspecified atom stereocenters. The average molecular weight is 591 g/mol. The van der Waals surface area contributed by atoms with E-state index in [9.17, 15) is 18.1 Å². The molecule has 208 valence electrons. The maximum atomic E-state index is 11.8. The second kappa shape index (κ2) is 10.2. The van der Waals surface area contributed by atoms with Gasteiger partial charge in [-0.15, -0.1) is 15.3 Å². The molecule has 0 radical (unpaired) electrons. The molecule has 1 aliphatic rings. The summed E-state index contributed by atoms with van der Waals surface area (Å²) in [6, 6.07) is 22.8. The molecule has 0 spiro atoms. The summed E-state index contributed by atoms with van der Waals surface area (Å²) in [7, 11) is -7.18. The Hall–Kier alpha value is -4.44. The average Bonchev–Trinajstić information content (AvgIpc) is 2.94. The van der Waals surface area contributed by atoms with E-state index < -0.39 is 25.6 Å². The highest BCUT2D eigenvalue weighted by Gasteiger charge is 2.36. The first-order chi connectivity index (χ1) is 19.6. The number of nitrogens with two attached hydrogens (primary N) is 1. The number of fused-ring (bicyclic) bond motifs is 2. The Balaban J connectivity index is 1.52. The third kappa shape index (κ3) is 5.11. The maximum absolute atomic E-state index is 11.8. The van der Waals surface area contributed by atoms with Gasteiger partial charge >= 0.3 is 0 Å². The van der Waals surface area contributed by atoms with Crippen molar-refractivity contribution < 1.29 is 31.8 Å². The molecule has 0 bridgehead atoms. The zero-order valence-electron chi connectivity index (χ0n) is 21.2. The molecule has 5 aromatic carbocycles. The van der Waals surface area contributed by atoms with E-state index in [4.69, 9.17) is 14.4 Å². The summed E-state index contributed by atoms with van der Waals surface area (Å²) in [4.78, 5) is -0.0589. The third-order valence-corrected chi connectivity index (χ3v) is 8.88. The lowest BCUT2D eigenvalue weighted by Gasteiger charge is -2.41. The van der Waals surface area contributed by atoms with E-state index in [0.29, 0.717) is 38.1 Å². The van der Waals surface area contributed by atoms with Crippen LogP contribution in [-0.4, -0.2) is 24.3 Å². The van der Waals surface area contributed by atoms with Gasteiger partial charge in [0.1, 0.15) is 10.1 Å². The molecule has 5 aromatic rings. The van der Waals surface area contributed by atoms with Crippen LogP contribution in [0.25, 0.3) is 21.5 Å². The van der Waals surface area contributed by atoms with Gasteiger partial charge in [-0.3, -0.25) is 0 Å². The molecule has 0 aromatic heterocycles. The first-order valence-electron chi connectivity index (χ1n) is 11.9. The third-order valence-electron chi connectivity index (χ3n) is 6.31. The molecule has 1 aliphatic heterocycles. The van der Waals surface area contributed by atoms with Gasteiger partial charge in [0.2, 0.25) is 0 Å². The Morgan fingerprint density at radius 2 is 1.51 bits per heavy atom. The van der Waals surface area contributed by atoms with Crippen LogP contribution < -0.4 is 5.73 Å². The number of phenols is 1. The minimum absolute atomic E-state index is 0.0393. The largest absolute Gasteiger partial charge is 0.744 e. The fourth-order valence-corrected chi connectivity index (χ4v) is 5.95. The van der Waals surface area contributed by atoms with E-state index in [1.54, 1.807) is 54.8 Å². The topological polar surface area (TPSA) is 181 Å². The fourth-order valence-electron chi connectivity index (χ4n) is 4.26. The van der Waals surface area contributed by atoms with E-state index in [2.05, 4.69) is 25.5 Å². The molecule has 0 saturated carbocycles. The van der Waals surface area contributed by atoms with Crippen LogP contribution in [0.4, 0.5) is 28.4 Å². The molecule has 6 rings (SSSR count). The molecule has 1 fully saturated rings. The minimum atomic E-state index is -4.78. The van der Waals surface area contributed by atoms with E-state index in [1.165, 1.54) is 18.2 Å². The molecule has 0 aliphatic carbocycles. The van der Waals surface area contributed by atoms with Crippen LogP contribution in [-0.2, 0) is 23.8 Å². The molecule has 1 saturated heterocycles. The lowest BCUT2D eigenvalue weighted by Crippen LogP contribution is -2.18. The second-order valence-electron chi connectivity index (χ2n) is 9.03. The van der Waals surface area contributed by atoms with Crippen LogP contribution in [0.15, 0.2) is 115 Å². The highest BCUT2D eigenvalue weighted by molar-refractivity contribution is 8.25. The van der Waals surface area contributed by atoms with Crippen LogP contribution in [0.5, 0.6) is 5.75 Å². The van der Waals surface area contributed by atoms with Crippen LogP contribution in [0, 0.1) is 0 Å². The van der Waals surface area contributed by atoms with Gasteiger partial charge in [0, 0.05) is 28.1 Å². The molecule has 3 N–H and O–H groups in total. The number of aromatic hydroxyl groups is 1. The highest BCUT2D eigenvalue weighted by Crippen LogP contribution is 2.66. The SMILES string of the molecule is CS1(c2cc3ccc(N)cc3c(O)c2N=Nc2ccc(N=Nc3ccccc3)c3ccc(S(=O)(=O)[O-])cc23)OOO1. The van der Waals surface area contributed by atoms with Gasteiger partial charge in [-0.1, -0.05) is 49.6 Å². The van der Waals surface area contributed by atoms with E-state index in [0.717, 1.165) is 0 Å². The van der Waals surface area contributed by atoms with Crippen molar-refractivity contribution in [2.24, 2.45) is 20.5 Å². The zero-order chi connectivity index (χ0) is 28.8. The van der Waals surface area contributed by atoms with Crippen LogP contribution in [0.3, 0.4) is 0 Å². The standard InChI is InChI=1S/C27H21N5O7S2/c1-40(38-37-39-40)25-13-16-7-8-17(28)14-21(16)27(33)26(25)32-31-24-12-11-23(30-29-18-5-3-2-4-6-18)20-10-9-19(15-22(20)24)41(34,35)36/h2-15,33H,28H2,1H3,(H,34,35,36)/p-1. The van der Waals surface area contributed by atoms with Gasteiger partial charge in [0.15, 0.2) is 11.4 Å². The molecular weight excluding hydrogens is 570 g/mol. The number of benzene rings is 5. The van der Waals surface area contributed by atoms with Crippen molar-refractivity contribution in [1.82, 2.24) is 0 Å². The Kier molecular flexibility index (Phi) is 6.65. The number of azo groups is 2. The van der Waals surface area contributed by atoms with Gasteiger partial charge in [-0.05, 0) is 65.0 Å². The highest BCUT2D eigenvalue weighted by atomic mass is 32.3. The van der Waals surface area contributed by atoms with Gasteiger partial charge in [-0.2, -0.15) is 5.11 Å². The predicted octanol–water partition coefficient (Wildman–Crippen LogP) is 7.53. The zero-order valence-corrected chi connectivity index (χ0v) is 22.8. The summed E-state index contributed by atoms with van der Waals surface area (Å²) >= 11 is 0. The quantitative estimate of drug-likeness (QED) is 0.0880. The van der Waals surface area contributed by atoms with Crippen LogP contribution in [0.1, 0.15) is 0 Å². The van der Waals surface area contributed by atoms with Crippen LogP contribution in [0.2, 0.25) is 0 Å². The first-order valence-corrected chi connectivity index (χ1v) is 15.2. The lowest BCUT2D eigenvalue weighted by molar-refractivity contribution is -0.470. The normalized spacial score (nSPS) is 16.0. The number of nitrogen functional groups attached to an aromatic ring is 1. The van der Waals surface area contributed by atoms with Crippen molar-refractivity contribution in [1.29, 1.82) is 0 Å². The maximum Gasteiger partial charge on any atom is 0.152 e. The molecule has 0 amide bonds. The predicted molar refractivity (Wildman–Crippen MR) is 152 cm³/mol. The van der Waals surface area contributed by atoms with E-state index in [1.807, 2.05) is 18.2 Å². The fraction of sp³-hybridized carbons (Fsp3) is 0.0370. The first kappa shape index (κ1) is 26.8. The Labute approximate surface area is 235 Å². The van der Waals surface area contributed by atoms with E-state index in [-0.39, 0.29) is 22.5 Å². The summed E-state index contributed by atoms with van der Waals surface area (Å²) in [6.45, 7) is 0. The van der Waals surface area contributed by atoms with E-state index >= 15 is 0 Å². The van der Waals surface area contributed by atoms with Crippen molar-refractivity contribution in [3.8, 4) is 5.75 Å². The number of hydrogen-bond donors (Lipinski definition) is 2. The Bertz CT molecular complexity index is 2000. The molecule has 41 heavy (non-hydrogen) atoms. The van der Waals surface area contributed by atoms with Crippen molar-refractivity contribution in [2.75, 3.05) is 12.0 Å². The minimum Gasteiger partial charge on any atom is -0.744 e. The molecule has 1 heterocycles. The van der Waals surface area contributed by atoms with Crippen molar-refractivity contribution in [3.05, 3.63) is 84.9 Å². The lowest BCUT2D eigenvalue weighted by atomic mass is 10.1. The Morgan fingerprint density at radius 1 is 0.805 bits per heavy atom. The number of hydrogen-bond acceptors (Lipinski definition) is 12. The Morgan fingerprint density at radius 3 is 2.20 bits per heavy atom. The summed E-state index contributed by atoms with van der Waals surface area (Å²) in [5.41, 5.74) is 7.63.